The zero-order valence-electron chi connectivity index (χ0n) is 16.3. The van der Waals surface area contributed by atoms with E-state index >= 15 is 0 Å². The van der Waals surface area contributed by atoms with E-state index in [1.165, 1.54) is 24.3 Å². The minimum atomic E-state index is -4.19. The molecule has 0 saturated carbocycles. The molecule has 0 radical (unpaired) electrons. The summed E-state index contributed by atoms with van der Waals surface area (Å²) in [6.45, 7) is 0. The van der Waals surface area contributed by atoms with E-state index in [1.54, 1.807) is 79.0 Å². The molecule has 0 aliphatic heterocycles. The smallest absolute Gasteiger partial charge is 0.283 e. The van der Waals surface area contributed by atoms with Gasteiger partial charge in [0.1, 0.15) is 0 Å². The molecule has 8 heteroatoms. The second-order valence-corrected chi connectivity index (χ2v) is 8.82. The Labute approximate surface area is 180 Å². The van der Waals surface area contributed by atoms with Crippen molar-refractivity contribution in [2.75, 3.05) is 4.72 Å². The number of para-hydroxylation sites is 1. The lowest BCUT2D eigenvalue weighted by Gasteiger charge is -2.32. The number of anilines is 1. The van der Waals surface area contributed by atoms with Crippen molar-refractivity contribution in [1.29, 1.82) is 0 Å². The van der Waals surface area contributed by atoms with Crippen LogP contribution in [0, 0.1) is 10.1 Å². The summed E-state index contributed by atoms with van der Waals surface area (Å²) in [5.41, 5.74) is -0.429. The maximum absolute atomic E-state index is 13.4. The Morgan fingerprint density at radius 3 is 2.35 bits per heavy atom. The zero-order valence-corrected chi connectivity index (χ0v) is 17.1. The van der Waals surface area contributed by atoms with Crippen molar-refractivity contribution in [2.45, 2.75) is 10.8 Å². The molecule has 2 unspecified atom stereocenters. The lowest BCUT2D eigenvalue weighted by atomic mass is 9.80. The minimum absolute atomic E-state index is 0.253. The Morgan fingerprint density at radius 1 is 0.935 bits per heavy atom. The molecule has 31 heavy (non-hydrogen) atoms. The molecule has 1 aliphatic carbocycles. The summed E-state index contributed by atoms with van der Waals surface area (Å²) in [7, 11) is -4.19. The minimum Gasteiger partial charge on any atom is -0.283 e. The van der Waals surface area contributed by atoms with Crippen molar-refractivity contribution < 1.29 is 13.3 Å². The van der Waals surface area contributed by atoms with E-state index in [1.807, 2.05) is 0 Å². The van der Waals surface area contributed by atoms with Gasteiger partial charge in [-0.15, -0.1) is 0 Å². The van der Waals surface area contributed by atoms with Crippen LogP contribution in [0.2, 0.25) is 0 Å². The Hall–Kier alpha value is -3.78. The van der Waals surface area contributed by atoms with E-state index < -0.39 is 25.7 Å². The van der Waals surface area contributed by atoms with E-state index in [9.17, 15) is 18.5 Å². The Balaban J connectivity index is 1.90. The maximum atomic E-state index is 13.4. The molecule has 2 atom stereocenters. The largest absolute Gasteiger partial charge is 0.288 e. The summed E-state index contributed by atoms with van der Waals surface area (Å²) in [5, 5.41) is 11.1. The summed E-state index contributed by atoms with van der Waals surface area (Å²) < 4.78 is 29.3. The van der Waals surface area contributed by atoms with Crippen LogP contribution in [0.1, 0.15) is 5.56 Å². The Morgan fingerprint density at radius 2 is 1.65 bits per heavy atom. The first-order valence-corrected chi connectivity index (χ1v) is 11.1. The molecular formula is C23H19N3O4S. The number of rotatable bonds is 6. The van der Waals surface area contributed by atoms with Gasteiger partial charge in [-0.1, -0.05) is 66.8 Å². The van der Waals surface area contributed by atoms with Crippen LogP contribution in [0.15, 0.2) is 103 Å². The average molecular weight is 433 g/mol. The van der Waals surface area contributed by atoms with Gasteiger partial charge in [0.25, 0.3) is 5.54 Å². The lowest BCUT2D eigenvalue weighted by molar-refractivity contribution is -0.561. The fourth-order valence-electron chi connectivity index (χ4n) is 3.77. The van der Waals surface area contributed by atoms with Crippen molar-refractivity contribution >= 4 is 15.7 Å². The van der Waals surface area contributed by atoms with E-state index in [-0.39, 0.29) is 5.56 Å². The van der Waals surface area contributed by atoms with Crippen LogP contribution in [0.3, 0.4) is 0 Å². The van der Waals surface area contributed by atoms with Gasteiger partial charge in [0.2, 0.25) is 10.0 Å². The van der Waals surface area contributed by atoms with Gasteiger partial charge in [-0.25, -0.2) is 8.42 Å². The SMILES string of the molecule is O=[N+]([O-])C1(c2ccccc2-c2ccccn2)C=CC=CC1S(=O)(=O)Nc1ccccc1. The standard InChI is InChI=1S/C23H19N3O4S/c27-26(28)23(20-13-5-4-12-19(20)21-14-7-9-17-24-21)16-8-6-15-22(23)31(29,30)25-18-10-2-1-3-11-18/h1-17,22,25H. The highest BCUT2D eigenvalue weighted by Crippen LogP contribution is 2.42. The predicted octanol–water partition coefficient (Wildman–Crippen LogP) is 4.16. The number of aromatic nitrogens is 1. The van der Waals surface area contributed by atoms with Gasteiger partial charge < -0.3 is 0 Å². The van der Waals surface area contributed by atoms with Crippen molar-refractivity contribution in [3.8, 4) is 11.3 Å². The summed E-state index contributed by atoms with van der Waals surface area (Å²) in [6, 6.07) is 20.3. The van der Waals surface area contributed by atoms with Crippen molar-refractivity contribution in [2.24, 2.45) is 0 Å². The maximum Gasteiger partial charge on any atom is 0.288 e. The second-order valence-electron chi connectivity index (χ2n) is 7.02. The number of nitrogens with zero attached hydrogens (tertiary/aromatic N) is 2. The average Bonchev–Trinajstić information content (AvgIpc) is 2.80. The van der Waals surface area contributed by atoms with Crippen molar-refractivity contribution in [3.05, 3.63) is 119 Å². The molecule has 7 nitrogen and oxygen atoms in total. The van der Waals surface area contributed by atoms with Crippen LogP contribution < -0.4 is 4.72 Å². The summed E-state index contributed by atoms with van der Waals surface area (Å²) >= 11 is 0. The van der Waals surface area contributed by atoms with Gasteiger partial charge in [-0.3, -0.25) is 19.8 Å². The molecule has 0 amide bonds. The number of hydrogen-bond donors (Lipinski definition) is 1. The normalized spacial score (nSPS) is 20.3. The molecule has 1 N–H and O–H groups in total. The number of hydrogen-bond acceptors (Lipinski definition) is 5. The van der Waals surface area contributed by atoms with Crippen molar-refractivity contribution in [3.63, 3.8) is 0 Å². The first-order valence-electron chi connectivity index (χ1n) is 9.53. The quantitative estimate of drug-likeness (QED) is 0.465. The first-order chi connectivity index (χ1) is 14.9. The number of sulfonamides is 1. The van der Waals surface area contributed by atoms with E-state index in [4.69, 9.17) is 0 Å². The summed E-state index contributed by atoms with van der Waals surface area (Å²) in [5.74, 6) is 0. The Kier molecular flexibility index (Phi) is 5.39. The zero-order chi connectivity index (χ0) is 21.9. The van der Waals surface area contributed by atoms with Crippen LogP contribution in [-0.2, 0) is 15.6 Å². The molecule has 1 aromatic heterocycles. The van der Waals surface area contributed by atoms with Crippen LogP contribution in [0.25, 0.3) is 11.3 Å². The first kappa shape index (κ1) is 20.5. The molecule has 3 aromatic rings. The van der Waals surface area contributed by atoms with Crippen LogP contribution >= 0.6 is 0 Å². The number of allylic oxidation sites excluding steroid dienone is 2. The van der Waals surface area contributed by atoms with Gasteiger partial charge in [0.05, 0.1) is 5.69 Å². The monoisotopic (exact) mass is 433 g/mol. The van der Waals surface area contributed by atoms with E-state index in [0.29, 0.717) is 16.9 Å². The third kappa shape index (κ3) is 3.73. The highest BCUT2D eigenvalue weighted by atomic mass is 32.2. The molecular weight excluding hydrogens is 414 g/mol. The number of pyridine rings is 1. The lowest BCUT2D eigenvalue weighted by Crippen LogP contribution is -2.50. The van der Waals surface area contributed by atoms with Crippen LogP contribution in [0.5, 0.6) is 0 Å². The molecule has 1 heterocycles. The fourth-order valence-corrected chi connectivity index (χ4v) is 5.42. The number of nitro groups is 1. The molecule has 0 fully saturated rings. The van der Waals surface area contributed by atoms with E-state index in [2.05, 4.69) is 9.71 Å². The molecule has 1 aliphatic rings. The topological polar surface area (TPSA) is 102 Å². The third-order valence-corrected chi connectivity index (χ3v) is 6.86. The van der Waals surface area contributed by atoms with Gasteiger partial charge in [0.15, 0.2) is 5.25 Å². The highest BCUT2D eigenvalue weighted by molar-refractivity contribution is 7.93. The van der Waals surface area contributed by atoms with Gasteiger partial charge in [-0.2, -0.15) is 0 Å². The van der Waals surface area contributed by atoms with E-state index in [0.717, 1.165) is 0 Å². The molecule has 4 rings (SSSR count). The third-order valence-electron chi connectivity index (χ3n) is 5.15. The number of benzene rings is 2. The summed E-state index contributed by atoms with van der Waals surface area (Å²) in [6.07, 6.45) is 7.30. The Bertz CT molecular complexity index is 1260. The molecule has 0 bridgehead atoms. The summed E-state index contributed by atoms with van der Waals surface area (Å²) in [4.78, 5) is 16.4. The highest BCUT2D eigenvalue weighted by Gasteiger charge is 2.57. The molecule has 0 saturated heterocycles. The van der Waals surface area contributed by atoms with Crippen molar-refractivity contribution in [1.82, 2.24) is 4.98 Å². The van der Waals surface area contributed by atoms with Gasteiger partial charge >= 0.3 is 0 Å². The van der Waals surface area contributed by atoms with Crippen LogP contribution in [-0.4, -0.2) is 23.6 Å². The molecule has 0 spiro atoms. The van der Waals surface area contributed by atoms with Gasteiger partial charge in [0, 0.05) is 27.9 Å². The molecule has 2 aromatic carbocycles. The predicted molar refractivity (Wildman–Crippen MR) is 119 cm³/mol. The number of nitrogens with one attached hydrogen (secondary N) is 1. The van der Waals surface area contributed by atoms with Crippen LogP contribution in [0.4, 0.5) is 5.69 Å². The van der Waals surface area contributed by atoms with Gasteiger partial charge in [-0.05, 0) is 30.3 Å². The second kappa shape index (κ2) is 8.16. The fraction of sp³-hybridized carbons (Fsp3) is 0.0870. The molecule has 156 valence electrons.